The Labute approximate surface area is 292 Å². The first-order valence-electron chi connectivity index (χ1n) is 17.0. The third-order valence-electron chi connectivity index (χ3n) is 9.94. The Balaban J connectivity index is 1.56. The zero-order valence-corrected chi connectivity index (χ0v) is 29.9. The summed E-state index contributed by atoms with van der Waals surface area (Å²) in [5, 5.41) is 9.29. The van der Waals surface area contributed by atoms with Crippen LogP contribution in [0.5, 0.6) is 5.75 Å². The van der Waals surface area contributed by atoms with E-state index in [1.165, 1.54) is 0 Å². The number of hydrogen-bond donors (Lipinski definition) is 1. The molecule has 1 spiro atoms. The number of para-hydroxylation sites is 1. The van der Waals surface area contributed by atoms with Crippen LogP contribution in [0.15, 0.2) is 67.8 Å². The van der Waals surface area contributed by atoms with Gasteiger partial charge in [-0.2, -0.15) is 0 Å². The number of amides is 3. The van der Waals surface area contributed by atoms with Gasteiger partial charge >= 0.3 is 0 Å². The van der Waals surface area contributed by atoms with Crippen LogP contribution < -0.4 is 14.5 Å². The van der Waals surface area contributed by atoms with Crippen LogP contribution in [-0.2, 0) is 19.1 Å². The van der Waals surface area contributed by atoms with Crippen molar-refractivity contribution in [3.8, 4) is 5.75 Å². The van der Waals surface area contributed by atoms with E-state index in [-0.39, 0.29) is 42.2 Å². The van der Waals surface area contributed by atoms with Crippen LogP contribution in [0, 0.1) is 25.7 Å². The lowest BCUT2D eigenvalue weighted by Gasteiger charge is -2.38. The molecule has 3 unspecified atom stereocenters. The van der Waals surface area contributed by atoms with Gasteiger partial charge in [-0.05, 0) is 75.4 Å². The Kier molecular flexibility index (Phi) is 11.5. The molecule has 0 aromatic heterocycles. The second-order valence-corrected chi connectivity index (χ2v) is 14.2. The molecule has 2 bridgehead atoms. The summed E-state index contributed by atoms with van der Waals surface area (Å²) >= 11 is 3.81. The van der Waals surface area contributed by atoms with Crippen LogP contribution in [-0.4, -0.2) is 83.2 Å². The van der Waals surface area contributed by atoms with Gasteiger partial charge in [-0.1, -0.05) is 59.1 Å². The number of carbonyl (C=O) groups is 3. The van der Waals surface area contributed by atoms with Gasteiger partial charge in [0.25, 0.3) is 5.91 Å². The van der Waals surface area contributed by atoms with Gasteiger partial charge in [0.1, 0.15) is 17.4 Å². The molecule has 2 aromatic rings. The number of benzene rings is 2. The predicted octanol–water partition coefficient (Wildman–Crippen LogP) is 5.74. The van der Waals surface area contributed by atoms with E-state index in [2.05, 4.69) is 29.1 Å². The minimum absolute atomic E-state index is 0.114. The quantitative estimate of drug-likeness (QED) is 0.135. The molecule has 6 atom stereocenters. The molecular formula is C38H48BrN3O6. The number of carbonyl (C=O) groups excluding carboxylic acids is 3. The Morgan fingerprint density at radius 1 is 1.02 bits per heavy atom. The number of aliphatic hydroxyl groups is 1. The van der Waals surface area contributed by atoms with E-state index in [9.17, 15) is 14.7 Å². The maximum absolute atomic E-state index is 15.0. The summed E-state index contributed by atoms with van der Waals surface area (Å²) in [6.45, 7) is 15.2. The van der Waals surface area contributed by atoms with Crippen LogP contribution >= 0.6 is 15.9 Å². The zero-order valence-electron chi connectivity index (χ0n) is 28.3. The first-order chi connectivity index (χ1) is 23.1. The number of alkyl halides is 1. The summed E-state index contributed by atoms with van der Waals surface area (Å²) in [5.74, 6) is -1.62. The summed E-state index contributed by atoms with van der Waals surface area (Å²) in [7, 11) is 0. The summed E-state index contributed by atoms with van der Waals surface area (Å²) in [6.07, 6.45) is 6.17. The normalized spacial score (nSPS) is 25.6. The molecule has 3 heterocycles. The van der Waals surface area contributed by atoms with E-state index in [0.29, 0.717) is 43.9 Å². The lowest BCUT2D eigenvalue weighted by atomic mass is 9.70. The number of hydrogen-bond acceptors (Lipinski definition) is 6. The Morgan fingerprint density at radius 2 is 1.67 bits per heavy atom. The minimum Gasteiger partial charge on any atom is -0.494 e. The molecule has 0 aliphatic carbocycles. The molecular weight excluding hydrogens is 674 g/mol. The van der Waals surface area contributed by atoms with Crippen molar-refractivity contribution in [2.24, 2.45) is 11.8 Å². The standard InChI is InChI=1S/C38H48BrN3O6/c1-6-20-40(27-16-18-28(19-17-27)47-8-3)35(44)30-31-36(45)42(22-11-9-10-12-23-43)34(38(31)24-29(39)33(30)48-38)37(46)41(21-7-2)32-25(4)14-13-15-26(32)5/h6-7,13-19,29-31,33-34,43H,1-2,8-12,20-24H2,3-5H3/t29?,30-,31+,33-,34?,38?/m1/s1. The average Bonchev–Trinajstić information content (AvgIpc) is 3.66. The average molecular weight is 723 g/mol. The number of ether oxygens (including phenoxy) is 2. The smallest absolute Gasteiger partial charge is 0.253 e. The van der Waals surface area contributed by atoms with Crippen molar-refractivity contribution in [2.45, 2.75) is 75.4 Å². The number of fused-ring (bicyclic) bond motifs is 1. The van der Waals surface area contributed by atoms with Gasteiger partial charge in [-0.3, -0.25) is 14.4 Å². The summed E-state index contributed by atoms with van der Waals surface area (Å²) in [5.41, 5.74) is 2.15. The molecule has 3 fully saturated rings. The molecule has 9 nitrogen and oxygen atoms in total. The van der Waals surface area contributed by atoms with Gasteiger partial charge in [-0.25, -0.2) is 0 Å². The number of nitrogens with zero attached hydrogens (tertiary/aromatic N) is 3. The molecule has 2 aromatic carbocycles. The van der Waals surface area contributed by atoms with E-state index in [4.69, 9.17) is 9.47 Å². The van der Waals surface area contributed by atoms with Gasteiger partial charge in [0, 0.05) is 42.4 Å². The maximum atomic E-state index is 15.0. The number of rotatable bonds is 16. The maximum Gasteiger partial charge on any atom is 0.253 e. The predicted molar refractivity (Wildman–Crippen MR) is 192 cm³/mol. The second-order valence-electron chi connectivity index (χ2n) is 13.0. The lowest BCUT2D eigenvalue weighted by Crippen LogP contribution is -2.57. The van der Waals surface area contributed by atoms with Gasteiger partial charge < -0.3 is 29.3 Å². The zero-order chi connectivity index (χ0) is 34.6. The molecule has 3 aliphatic heterocycles. The number of anilines is 2. The molecule has 0 radical (unpaired) electrons. The summed E-state index contributed by atoms with van der Waals surface area (Å²) < 4.78 is 12.5. The summed E-state index contributed by atoms with van der Waals surface area (Å²) in [4.78, 5) is 49.2. The van der Waals surface area contributed by atoms with Gasteiger partial charge in [0.2, 0.25) is 11.8 Å². The highest BCUT2D eigenvalue weighted by Gasteiger charge is 2.77. The molecule has 48 heavy (non-hydrogen) atoms. The third kappa shape index (κ3) is 6.46. The fourth-order valence-corrected chi connectivity index (χ4v) is 8.94. The molecule has 5 rings (SSSR count). The van der Waals surface area contributed by atoms with Crippen molar-refractivity contribution in [1.82, 2.24) is 4.90 Å². The van der Waals surface area contributed by atoms with Crippen LogP contribution in [0.2, 0.25) is 0 Å². The van der Waals surface area contributed by atoms with Crippen molar-refractivity contribution in [2.75, 3.05) is 42.6 Å². The molecule has 3 aliphatic rings. The second kappa shape index (κ2) is 15.4. The van der Waals surface area contributed by atoms with Crippen LogP contribution in [0.25, 0.3) is 0 Å². The lowest BCUT2D eigenvalue weighted by molar-refractivity contribution is -0.140. The number of unbranched alkanes of at least 4 members (excludes halogenated alkanes) is 3. The number of likely N-dealkylation sites (tertiary alicyclic amines) is 1. The molecule has 3 saturated heterocycles. The highest BCUT2D eigenvalue weighted by molar-refractivity contribution is 9.09. The summed E-state index contributed by atoms with van der Waals surface area (Å²) in [6, 6.07) is 12.3. The Morgan fingerprint density at radius 3 is 2.29 bits per heavy atom. The van der Waals surface area contributed by atoms with E-state index >= 15 is 4.79 Å². The van der Waals surface area contributed by atoms with Crippen molar-refractivity contribution >= 4 is 45.0 Å². The number of aliphatic hydroxyl groups excluding tert-OH is 1. The van der Waals surface area contributed by atoms with E-state index in [1.807, 2.05) is 63.2 Å². The fraction of sp³-hybridized carbons (Fsp3) is 0.500. The van der Waals surface area contributed by atoms with Crippen LogP contribution in [0.4, 0.5) is 11.4 Å². The van der Waals surface area contributed by atoms with Gasteiger partial charge in [0.05, 0.1) is 24.5 Å². The van der Waals surface area contributed by atoms with Crippen molar-refractivity contribution in [3.63, 3.8) is 0 Å². The first-order valence-corrected chi connectivity index (χ1v) is 17.9. The van der Waals surface area contributed by atoms with E-state index in [0.717, 1.165) is 29.7 Å². The molecule has 258 valence electrons. The van der Waals surface area contributed by atoms with Gasteiger partial charge in [0.15, 0.2) is 0 Å². The van der Waals surface area contributed by atoms with Crippen LogP contribution in [0.3, 0.4) is 0 Å². The molecule has 0 saturated carbocycles. The molecule has 10 heteroatoms. The first kappa shape index (κ1) is 35.8. The van der Waals surface area contributed by atoms with Gasteiger partial charge in [-0.15, -0.1) is 13.2 Å². The highest BCUT2D eigenvalue weighted by atomic mass is 79.9. The van der Waals surface area contributed by atoms with Crippen LogP contribution in [0.1, 0.15) is 50.2 Å². The SMILES string of the molecule is C=CCN(C(=O)[C@H]1[C@@H]2OC3(CC2Br)C(C(=O)N(CC=C)c2c(C)cccc2C)N(CCCCCCO)C(=O)[C@H]13)c1ccc(OCC)cc1. The Bertz CT molecular complexity index is 1490. The van der Waals surface area contributed by atoms with Crippen molar-refractivity contribution in [3.05, 3.63) is 78.9 Å². The van der Waals surface area contributed by atoms with E-state index < -0.39 is 29.6 Å². The minimum atomic E-state index is -1.19. The highest BCUT2D eigenvalue weighted by Crippen LogP contribution is 2.60. The number of halogens is 1. The fourth-order valence-electron chi connectivity index (χ4n) is 8.00. The number of aryl methyl sites for hydroxylation is 2. The largest absolute Gasteiger partial charge is 0.494 e. The molecule has 1 N–H and O–H groups in total. The van der Waals surface area contributed by atoms with Crippen molar-refractivity contribution < 1.29 is 29.0 Å². The topological polar surface area (TPSA) is 99.6 Å². The van der Waals surface area contributed by atoms with Crippen molar-refractivity contribution in [1.29, 1.82) is 0 Å². The van der Waals surface area contributed by atoms with E-state index in [1.54, 1.807) is 26.9 Å². The molecule has 3 amide bonds. The Hall–Kier alpha value is -3.47. The third-order valence-corrected chi connectivity index (χ3v) is 10.8. The monoisotopic (exact) mass is 721 g/mol.